The topological polar surface area (TPSA) is 79.8 Å². The molecule has 2 aromatic rings. The van der Waals surface area contributed by atoms with Crippen molar-refractivity contribution in [1.29, 1.82) is 0 Å². The van der Waals surface area contributed by atoms with Gasteiger partial charge in [0.05, 0.1) is 20.0 Å². The van der Waals surface area contributed by atoms with Gasteiger partial charge in [-0.15, -0.1) is 0 Å². The van der Waals surface area contributed by atoms with Gasteiger partial charge >= 0.3 is 0 Å². The van der Waals surface area contributed by atoms with Crippen molar-refractivity contribution in [3.8, 4) is 11.5 Å². The van der Waals surface area contributed by atoms with Crippen LogP contribution >= 0.6 is 23.4 Å². The molecular formula is C24H34ClN5O3S. The maximum absolute atomic E-state index is 12.3. The number of piperidine rings is 1. The fourth-order valence-corrected chi connectivity index (χ4v) is 4.72. The van der Waals surface area contributed by atoms with Gasteiger partial charge in [0.2, 0.25) is 5.91 Å². The maximum Gasteiger partial charge on any atom is 0.230 e. The molecule has 0 atom stereocenters. The molecule has 0 unspecified atom stereocenters. The molecule has 1 N–H and O–H groups in total. The molecule has 0 aliphatic carbocycles. The Morgan fingerprint density at radius 3 is 2.65 bits per heavy atom. The summed E-state index contributed by atoms with van der Waals surface area (Å²) in [6.07, 6.45) is 4.61. The Morgan fingerprint density at radius 1 is 1.15 bits per heavy atom. The molecule has 0 saturated carbocycles. The third kappa shape index (κ3) is 8.21. The van der Waals surface area contributed by atoms with Crippen LogP contribution in [0, 0.1) is 0 Å². The van der Waals surface area contributed by atoms with E-state index in [0.29, 0.717) is 34.2 Å². The van der Waals surface area contributed by atoms with E-state index in [1.807, 2.05) is 30.1 Å². The van der Waals surface area contributed by atoms with Gasteiger partial charge in [-0.3, -0.25) is 4.79 Å². The Bertz CT molecular complexity index is 943. The Hall–Kier alpha value is -2.23. The van der Waals surface area contributed by atoms with E-state index < -0.39 is 0 Å². The molecule has 1 aromatic heterocycles. The Morgan fingerprint density at radius 2 is 1.91 bits per heavy atom. The molecule has 0 bridgehead atoms. The monoisotopic (exact) mass is 507 g/mol. The molecule has 1 saturated heterocycles. The summed E-state index contributed by atoms with van der Waals surface area (Å²) in [6.45, 7) is 4.55. The van der Waals surface area contributed by atoms with Crippen molar-refractivity contribution >= 4 is 35.1 Å². The number of likely N-dealkylation sites (N-methyl/N-ethyl adjacent to an activating group) is 1. The number of carbonyl (C=O) groups is 1. The average molecular weight is 508 g/mol. The molecule has 1 amide bonds. The lowest BCUT2D eigenvalue weighted by Gasteiger charge is -2.26. The molecule has 1 aliphatic rings. The lowest BCUT2D eigenvalue weighted by atomic mass is 10.1. The van der Waals surface area contributed by atoms with Crippen LogP contribution in [0.1, 0.15) is 24.8 Å². The first-order valence-corrected chi connectivity index (χ1v) is 12.9. The van der Waals surface area contributed by atoms with Crippen LogP contribution in [-0.4, -0.2) is 80.5 Å². The highest BCUT2D eigenvalue weighted by Gasteiger charge is 2.13. The van der Waals surface area contributed by atoms with Gasteiger partial charge < -0.3 is 24.6 Å². The van der Waals surface area contributed by atoms with E-state index >= 15 is 0 Å². The van der Waals surface area contributed by atoms with Crippen molar-refractivity contribution in [3.05, 3.63) is 35.0 Å². The number of thioether (sulfide) groups is 1. The van der Waals surface area contributed by atoms with E-state index in [2.05, 4.69) is 20.2 Å². The largest absolute Gasteiger partial charge is 0.493 e. The number of methoxy groups -OCH3 is 2. The van der Waals surface area contributed by atoms with Crippen LogP contribution in [0.3, 0.4) is 0 Å². The van der Waals surface area contributed by atoms with Crippen molar-refractivity contribution in [2.24, 2.45) is 0 Å². The van der Waals surface area contributed by atoms with E-state index in [9.17, 15) is 4.79 Å². The summed E-state index contributed by atoms with van der Waals surface area (Å²) < 4.78 is 10.7. The first-order chi connectivity index (χ1) is 16.5. The van der Waals surface area contributed by atoms with Crippen molar-refractivity contribution in [1.82, 2.24) is 20.2 Å². The number of hydrogen-bond donors (Lipinski definition) is 1. The molecule has 10 heteroatoms. The molecule has 8 nitrogen and oxygen atoms in total. The van der Waals surface area contributed by atoms with Crippen molar-refractivity contribution in [2.45, 2.75) is 30.8 Å². The number of halogens is 1. The van der Waals surface area contributed by atoms with Crippen LogP contribution in [-0.2, 0) is 11.2 Å². The van der Waals surface area contributed by atoms with Gasteiger partial charge in [0.25, 0.3) is 0 Å². The number of rotatable bonds is 12. The smallest absolute Gasteiger partial charge is 0.230 e. The van der Waals surface area contributed by atoms with E-state index in [1.54, 1.807) is 20.3 Å². The number of benzene rings is 1. The zero-order chi connectivity index (χ0) is 24.3. The second kappa shape index (κ2) is 13.6. The van der Waals surface area contributed by atoms with Crippen molar-refractivity contribution in [2.75, 3.05) is 64.6 Å². The molecule has 3 rings (SSSR count). The number of ether oxygens (including phenoxy) is 2. The number of amides is 1. The van der Waals surface area contributed by atoms with Gasteiger partial charge in [0, 0.05) is 32.7 Å². The molecule has 0 radical (unpaired) electrons. The van der Waals surface area contributed by atoms with Gasteiger partial charge in [-0.05, 0) is 50.0 Å². The summed E-state index contributed by atoms with van der Waals surface area (Å²) in [5, 5.41) is 3.84. The molecule has 186 valence electrons. The lowest BCUT2D eigenvalue weighted by molar-refractivity contribution is -0.118. The van der Waals surface area contributed by atoms with E-state index in [4.69, 9.17) is 21.1 Å². The minimum atomic E-state index is -0.0195. The second-order valence-corrected chi connectivity index (χ2v) is 9.56. The van der Waals surface area contributed by atoms with Crippen molar-refractivity contribution < 1.29 is 14.3 Å². The molecule has 0 spiro atoms. The highest BCUT2D eigenvalue weighted by molar-refractivity contribution is 7.99. The number of hydrogen-bond acceptors (Lipinski definition) is 8. The van der Waals surface area contributed by atoms with Crippen LogP contribution in [0.5, 0.6) is 11.5 Å². The van der Waals surface area contributed by atoms with Crippen LogP contribution in [0.15, 0.2) is 29.4 Å². The van der Waals surface area contributed by atoms with Gasteiger partial charge in [-0.2, -0.15) is 0 Å². The summed E-state index contributed by atoms with van der Waals surface area (Å²) in [5.41, 5.74) is 1.13. The number of aromatic nitrogens is 2. The summed E-state index contributed by atoms with van der Waals surface area (Å²) in [5.74, 6) is 2.37. The molecule has 34 heavy (non-hydrogen) atoms. The first-order valence-electron chi connectivity index (χ1n) is 11.6. The lowest BCUT2D eigenvalue weighted by Crippen LogP contribution is -2.38. The third-order valence-corrected chi connectivity index (χ3v) is 6.81. The Labute approximate surface area is 211 Å². The number of anilines is 1. The summed E-state index contributed by atoms with van der Waals surface area (Å²) in [7, 11) is 5.21. The van der Waals surface area contributed by atoms with Gasteiger partial charge in [-0.1, -0.05) is 35.9 Å². The minimum absolute atomic E-state index is 0.0195. The molecule has 1 aliphatic heterocycles. The standard InChI is InChI=1S/C24H34ClN5O3S/c1-29(13-9-18-7-8-19(32-2)20(15-18)33-3)22-16-21(25)27-24(28-22)34-17-23(31)26-10-14-30-11-5-4-6-12-30/h7-8,15-16H,4-6,9-14,17H2,1-3H3,(H,26,31). The second-order valence-electron chi connectivity index (χ2n) is 8.23. The van der Waals surface area contributed by atoms with Crippen LogP contribution in [0.2, 0.25) is 5.15 Å². The van der Waals surface area contributed by atoms with Gasteiger partial charge in [-0.25, -0.2) is 9.97 Å². The number of likely N-dealkylation sites (tertiary alicyclic amines) is 1. The van der Waals surface area contributed by atoms with Crippen LogP contribution in [0.4, 0.5) is 5.82 Å². The SMILES string of the molecule is COc1ccc(CCN(C)c2cc(Cl)nc(SCC(=O)NCCN3CCCCC3)n2)cc1OC. The van der Waals surface area contributed by atoms with Gasteiger partial charge in [0.15, 0.2) is 16.7 Å². The summed E-state index contributed by atoms with van der Waals surface area (Å²) in [6, 6.07) is 7.64. The predicted octanol–water partition coefficient (Wildman–Crippen LogP) is 3.52. The average Bonchev–Trinajstić information content (AvgIpc) is 2.86. The van der Waals surface area contributed by atoms with E-state index in [1.165, 1.54) is 31.0 Å². The fourth-order valence-electron chi connectivity index (χ4n) is 3.81. The highest BCUT2D eigenvalue weighted by Crippen LogP contribution is 2.28. The Balaban J connectivity index is 1.48. The first kappa shape index (κ1) is 26.4. The molecule has 1 aromatic carbocycles. The molecule has 2 heterocycles. The van der Waals surface area contributed by atoms with Crippen LogP contribution < -0.4 is 19.7 Å². The number of nitrogens with one attached hydrogen (secondary N) is 1. The zero-order valence-corrected chi connectivity index (χ0v) is 21.8. The molecular weight excluding hydrogens is 474 g/mol. The zero-order valence-electron chi connectivity index (χ0n) is 20.2. The highest BCUT2D eigenvalue weighted by atomic mass is 35.5. The molecule has 1 fully saturated rings. The number of carbonyl (C=O) groups excluding carboxylic acids is 1. The maximum atomic E-state index is 12.3. The minimum Gasteiger partial charge on any atom is -0.493 e. The fraction of sp³-hybridized carbons (Fsp3) is 0.542. The third-order valence-electron chi connectivity index (χ3n) is 5.77. The number of nitrogens with zero attached hydrogens (tertiary/aromatic N) is 4. The van der Waals surface area contributed by atoms with Gasteiger partial charge in [0.1, 0.15) is 11.0 Å². The summed E-state index contributed by atoms with van der Waals surface area (Å²) in [4.78, 5) is 25.5. The van der Waals surface area contributed by atoms with Crippen LogP contribution in [0.25, 0.3) is 0 Å². The summed E-state index contributed by atoms with van der Waals surface area (Å²) >= 11 is 7.54. The quantitative estimate of drug-likeness (QED) is 0.265. The van der Waals surface area contributed by atoms with E-state index in [-0.39, 0.29) is 11.7 Å². The normalized spacial score (nSPS) is 14.0. The van der Waals surface area contributed by atoms with Crippen molar-refractivity contribution in [3.63, 3.8) is 0 Å². The Kier molecular flexibility index (Phi) is 10.6. The van der Waals surface area contributed by atoms with E-state index in [0.717, 1.165) is 38.2 Å². The predicted molar refractivity (Wildman–Crippen MR) is 138 cm³/mol.